The van der Waals surface area contributed by atoms with Crippen LogP contribution in [0.2, 0.25) is 0 Å². The fourth-order valence-electron chi connectivity index (χ4n) is 1.35. The van der Waals surface area contributed by atoms with E-state index >= 15 is 0 Å². The van der Waals surface area contributed by atoms with E-state index in [1.807, 2.05) is 0 Å². The van der Waals surface area contributed by atoms with E-state index in [0.29, 0.717) is 12.5 Å². The molecule has 2 rings (SSSR count). The van der Waals surface area contributed by atoms with E-state index in [2.05, 4.69) is 20.8 Å². The molecule has 2 aromatic rings. The molecule has 0 aliphatic rings. The average molecular weight is 221 g/mol. The molecular formula is C10H12FN5. The number of hydrogen-bond acceptors (Lipinski definition) is 4. The maximum absolute atomic E-state index is 12.6. The van der Waals surface area contributed by atoms with Crippen molar-refractivity contribution in [2.24, 2.45) is 7.05 Å². The molecule has 5 nitrogen and oxygen atoms in total. The Labute approximate surface area is 92.3 Å². The summed E-state index contributed by atoms with van der Waals surface area (Å²) in [6.07, 6.45) is 0.799. The lowest BCUT2D eigenvalue weighted by molar-refractivity contribution is 0.627. The standard InChI is InChI=1S/C10H12FN5/c1-16-10(13-14-15-16)12-7-6-8-2-4-9(11)5-3-8/h2-5H,6-7H2,1H3,(H,12,13,15). The number of tetrazole rings is 1. The highest BCUT2D eigenvalue weighted by Gasteiger charge is 2.00. The van der Waals surface area contributed by atoms with Crippen LogP contribution in [0.4, 0.5) is 10.3 Å². The van der Waals surface area contributed by atoms with Crippen LogP contribution in [-0.2, 0) is 13.5 Å². The van der Waals surface area contributed by atoms with E-state index in [1.165, 1.54) is 12.1 Å². The van der Waals surface area contributed by atoms with Crippen molar-refractivity contribution < 1.29 is 4.39 Å². The highest BCUT2D eigenvalue weighted by molar-refractivity contribution is 5.23. The van der Waals surface area contributed by atoms with Gasteiger partial charge in [-0.3, -0.25) is 0 Å². The molecule has 0 aliphatic heterocycles. The van der Waals surface area contributed by atoms with Crippen molar-refractivity contribution in [3.05, 3.63) is 35.6 Å². The summed E-state index contributed by atoms with van der Waals surface area (Å²) >= 11 is 0. The van der Waals surface area contributed by atoms with Crippen molar-refractivity contribution in [2.45, 2.75) is 6.42 Å². The van der Waals surface area contributed by atoms with Crippen LogP contribution in [0.3, 0.4) is 0 Å². The van der Waals surface area contributed by atoms with Gasteiger partial charge in [-0.15, -0.1) is 0 Å². The monoisotopic (exact) mass is 221 g/mol. The normalized spacial score (nSPS) is 10.4. The van der Waals surface area contributed by atoms with E-state index in [4.69, 9.17) is 0 Å². The van der Waals surface area contributed by atoms with Crippen LogP contribution in [-0.4, -0.2) is 26.8 Å². The number of halogens is 1. The third kappa shape index (κ3) is 2.53. The highest BCUT2D eigenvalue weighted by atomic mass is 19.1. The molecule has 0 amide bonds. The Hall–Kier alpha value is -1.98. The minimum Gasteiger partial charge on any atom is -0.353 e. The second kappa shape index (κ2) is 4.69. The second-order valence-electron chi connectivity index (χ2n) is 3.43. The molecule has 1 aromatic heterocycles. The van der Waals surface area contributed by atoms with Crippen LogP contribution in [0.15, 0.2) is 24.3 Å². The molecule has 0 aliphatic carbocycles. The molecule has 0 saturated heterocycles. The summed E-state index contributed by atoms with van der Waals surface area (Å²) in [7, 11) is 1.76. The van der Waals surface area contributed by atoms with Gasteiger partial charge in [-0.2, -0.15) is 0 Å². The molecular weight excluding hydrogens is 209 g/mol. The number of aryl methyl sites for hydroxylation is 1. The van der Waals surface area contributed by atoms with Crippen molar-refractivity contribution >= 4 is 5.95 Å². The van der Waals surface area contributed by atoms with Crippen molar-refractivity contribution in [3.8, 4) is 0 Å². The first-order chi connectivity index (χ1) is 7.75. The summed E-state index contributed by atoms with van der Waals surface area (Å²) < 4.78 is 14.2. The van der Waals surface area contributed by atoms with Crippen LogP contribution in [0.1, 0.15) is 5.56 Å². The van der Waals surface area contributed by atoms with Crippen LogP contribution < -0.4 is 5.32 Å². The van der Waals surface area contributed by atoms with Gasteiger partial charge in [-0.05, 0) is 34.5 Å². The first-order valence-electron chi connectivity index (χ1n) is 4.96. The van der Waals surface area contributed by atoms with Gasteiger partial charge in [0.25, 0.3) is 0 Å². The first kappa shape index (κ1) is 10.5. The Morgan fingerprint density at radius 3 is 2.69 bits per heavy atom. The van der Waals surface area contributed by atoms with Crippen molar-refractivity contribution in [1.82, 2.24) is 20.2 Å². The highest BCUT2D eigenvalue weighted by Crippen LogP contribution is 2.04. The molecule has 0 saturated carbocycles. The Balaban J connectivity index is 1.84. The molecule has 0 spiro atoms. The van der Waals surface area contributed by atoms with Gasteiger partial charge in [0, 0.05) is 13.6 Å². The third-order valence-corrected chi connectivity index (χ3v) is 2.23. The van der Waals surface area contributed by atoms with Gasteiger partial charge < -0.3 is 5.32 Å². The molecule has 0 bridgehead atoms. The molecule has 1 aromatic carbocycles. The minimum absolute atomic E-state index is 0.214. The van der Waals surface area contributed by atoms with Gasteiger partial charge in [0.1, 0.15) is 5.82 Å². The van der Waals surface area contributed by atoms with E-state index in [-0.39, 0.29) is 5.82 Å². The quantitative estimate of drug-likeness (QED) is 0.837. The summed E-state index contributed by atoms with van der Waals surface area (Å²) in [5.41, 5.74) is 1.07. The van der Waals surface area contributed by atoms with Gasteiger partial charge in [-0.1, -0.05) is 17.2 Å². The van der Waals surface area contributed by atoms with E-state index < -0.39 is 0 Å². The molecule has 84 valence electrons. The van der Waals surface area contributed by atoms with E-state index in [1.54, 1.807) is 23.9 Å². The number of hydrogen-bond donors (Lipinski definition) is 1. The van der Waals surface area contributed by atoms with Crippen molar-refractivity contribution in [1.29, 1.82) is 0 Å². The average Bonchev–Trinajstić information content (AvgIpc) is 2.68. The number of benzene rings is 1. The Kier molecular flexibility index (Phi) is 3.09. The molecule has 1 N–H and O–H groups in total. The maximum atomic E-state index is 12.6. The van der Waals surface area contributed by atoms with Crippen LogP contribution in [0.5, 0.6) is 0 Å². The number of nitrogens with one attached hydrogen (secondary N) is 1. The van der Waals surface area contributed by atoms with Gasteiger partial charge in [0.05, 0.1) is 0 Å². The van der Waals surface area contributed by atoms with Crippen LogP contribution in [0, 0.1) is 5.82 Å². The lowest BCUT2D eigenvalue weighted by Crippen LogP contribution is -2.09. The predicted octanol–water partition coefficient (Wildman–Crippen LogP) is 1.00. The maximum Gasteiger partial charge on any atom is 0.242 e. The summed E-state index contributed by atoms with van der Waals surface area (Å²) in [5, 5.41) is 14.1. The molecule has 0 radical (unpaired) electrons. The second-order valence-corrected chi connectivity index (χ2v) is 3.43. The summed E-state index contributed by atoms with van der Waals surface area (Å²) in [4.78, 5) is 0. The van der Waals surface area contributed by atoms with Crippen LogP contribution in [0.25, 0.3) is 0 Å². The topological polar surface area (TPSA) is 55.6 Å². The van der Waals surface area contributed by atoms with Crippen LogP contribution >= 0.6 is 0 Å². The number of rotatable bonds is 4. The fourth-order valence-corrected chi connectivity index (χ4v) is 1.35. The van der Waals surface area contributed by atoms with Crippen molar-refractivity contribution in [2.75, 3.05) is 11.9 Å². The summed E-state index contributed by atoms with van der Waals surface area (Å²) in [5.74, 6) is 0.413. The van der Waals surface area contributed by atoms with E-state index in [9.17, 15) is 4.39 Å². The lowest BCUT2D eigenvalue weighted by atomic mass is 10.1. The minimum atomic E-state index is -0.214. The SMILES string of the molecule is Cn1nnnc1NCCc1ccc(F)cc1. The van der Waals surface area contributed by atoms with Gasteiger partial charge >= 0.3 is 0 Å². The zero-order valence-corrected chi connectivity index (χ0v) is 8.89. The Morgan fingerprint density at radius 2 is 2.06 bits per heavy atom. The molecule has 0 unspecified atom stereocenters. The number of anilines is 1. The molecule has 16 heavy (non-hydrogen) atoms. The zero-order chi connectivity index (χ0) is 11.4. The number of nitrogens with zero attached hydrogens (tertiary/aromatic N) is 4. The largest absolute Gasteiger partial charge is 0.353 e. The van der Waals surface area contributed by atoms with Gasteiger partial charge in [0.15, 0.2) is 0 Å². The molecule has 0 fully saturated rings. The zero-order valence-electron chi connectivity index (χ0n) is 8.89. The summed E-state index contributed by atoms with van der Waals surface area (Å²) in [6.45, 7) is 0.708. The third-order valence-electron chi connectivity index (χ3n) is 2.23. The summed E-state index contributed by atoms with van der Waals surface area (Å²) in [6, 6.07) is 6.45. The molecule has 1 heterocycles. The smallest absolute Gasteiger partial charge is 0.242 e. The van der Waals surface area contributed by atoms with E-state index in [0.717, 1.165) is 12.0 Å². The Bertz CT molecular complexity index is 450. The van der Waals surface area contributed by atoms with Gasteiger partial charge in [0.2, 0.25) is 5.95 Å². The fraction of sp³-hybridized carbons (Fsp3) is 0.300. The lowest BCUT2D eigenvalue weighted by Gasteiger charge is -2.03. The first-order valence-corrected chi connectivity index (χ1v) is 4.96. The Morgan fingerprint density at radius 1 is 1.31 bits per heavy atom. The molecule has 0 atom stereocenters. The van der Waals surface area contributed by atoms with Crippen molar-refractivity contribution in [3.63, 3.8) is 0 Å². The molecule has 6 heteroatoms. The van der Waals surface area contributed by atoms with Gasteiger partial charge in [-0.25, -0.2) is 9.07 Å². The predicted molar refractivity (Wildman–Crippen MR) is 57.4 cm³/mol. The number of aromatic nitrogens is 4.